The first kappa shape index (κ1) is 16.3. The van der Waals surface area contributed by atoms with Crippen LogP contribution in [-0.4, -0.2) is 35.9 Å². The number of ketones is 1. The summed E-state index contributed by atoms with van der Waals surface area (Å²) in [7, 11) is 0. The number of hydrogen-bond donors (Lipinski definition) is 2. The lowest BCUT2D eigenvalue weighted by atomic mass is 10.1. The highest BCUT2D eigenvalue weighted by molar-refractivity contribution is 6.37. The number of amides is 2. The second kappa shape index (κ2) is 7.30. The average molecular weight is 317 g/mol. The van der Waals surface area contributed by atoms with Crippen LogP contribution in [-0.2, 0) is 19.1 Å². The van der Waals surface area contributed by atoms with Gasteiger partial charge in [-0.1, -0.05) is 12.1 Å². The van der Waals surface area contributed by atoms with E-state index in [1.807, 2.05) is 0 Å². The van der Waals surface area contributed by atoms with E-state index in [9.17, 15) is 19.2 Å². The number of hydrazone groups is 1. The highest BCUT2D eigenvalue weighted by Crippen LogP contribution is 2.15. The first-order valence-corrected chi connectivity index (χ1v) is 6.89. The Morgan fingerprint density at radius 1 is 1.26 bits per heavy atom. The number of ether oxygens (including phenoxy) is 1. The van der Waals surface area contributed by atoms with Crippen LogP contribution >= 0.6 is 0 Å². The maximum Gasteiger partial charge on any atom is 0.355 e. The van der Waals surface area contributed by atoms with Crippen LogP contribution in [0.15, 0.2) is 29.4 Å². The third kappa shape index (κ3) is 4.47. The summed E-state index contributed by atoms with van der Waals surface area (Å²) < 4.78 is 4.83. The van der Waals surface area contributed by atoms with Crippen molar-refractivity contribution in [2.75, 3.05) is 11.9 Å². The van der Waals surface area contributed by atoms with E-state index in [2.05, 4.69) is 15.8 Å². The molecule has 0 aromatic heterocycles. The monoisotopic (exact) mass is 317 g/mol. The maximum atomic E-state index is 11.8. The zero-order valence-electron chi connectivity index (χ0n) is 12.4. The minimum atomic E-state index is -0.764. The molecule has 2 rings (SSSR count). The molecule has 1 heterocycles. The maximum absolute atomic E-state index is 11.8. The van der Waals surface area contributed by atoms with Crippen LogP contribution in [0.2, 0.25) is 0 Å². The molecule has 1 aliphatic rings. The fourth-order valence-electron chi connectivity index (χ4n) is 1.92. The zero-order valence-corrected chi connectivity index (χ0v) is 12.4. The molecule has 0 saturated heterocycles. The van der Waals surface area contributed by atoms with Gasteiger partial charge in [-0.2, -0.15) is 5.10 Å². The lowest BCUT2D eigenvalue weighted by Crippen LogP contribution is -2.32. The zero-order chi connectivity index (χ0) is 16.8. The van der Waals surface area contributed by atoms with Crippen molar-refractivity contribution in [2.45, 2.75) is 19.8 Å². The highest BCUT2D eigenvalue weighted by Gasteiger charge is 2.20. The Balaban J connectivity index is 1.90. The lowest BCUT2D eigenvalue weighted by molar-refractivity contribution is -0.140. The van der Waals surface area contributed by atoms with Gasteiger partial charge >= 0.3 is 5.97 Å². The van der Waals surface area contributed by atoms with E-state index in [0.29, 0.717) is 11.3 Å². The number of Topliss-reactive ketones (excluding diaryl/α,β-unsaturated/α-hetero) is 1. The molecule has 0 fully saturated rings. The van der Waals surface area contributed by atoms with E-state index in [1.165, 1.54) is 6.92 Å². The molecule has 0 unspecified atom stereocenters. The predicted octanol–water partition coefficient (Wildman–Crippen LogP) is 0.637. The number of esters is 1. The third-order valence-corrected chi connectivity index (χ3v) is 3.05. The summed E-state index contributed by atoms with van der Waals surface area (Å²) in [4.78, 5) is 45.9. The molecular formula is C15H15N3O5. The summed E-state index contributed by atoms with van der Waals surface area (Å²) in [6.07, 6.45) is 0.311. The molecule has 1 aromatic carbocycles. The van der Waals surface area contributed by atoms with Crippen molar-refractivity contribution in [3.63, 3.8) is 0 Å². The quantitative estimate of drug-likeness (QED) is 0.611. The van der Waals surface area contributed by atoms with Crippen molar-refractivity contribution in [1.82, 2.24) is 5.43 Å². The Labute approximate surface area is 131 Å². The van der Waals surface area contributed by atoms with Gasteiger partial charge in [-0.25, -0.2) is 10.2 Å². The molecule has 0 atom stereocenters. The van der Waals surface area contributed by atoms with Crippen LogP contribution in [0.1, 0.15) is 30.1 Å². The molecule has 0 aliphatic carbocycles. The predicted molar refractivity (Wildman–Crippen MR) is 80.8 cm³/mol. The fraction of sp³-hybridized carbons (Fsp3) is 0.267. The van der Waals surface area contributed by atoms with Gasteiger partial charge in [0.2, 0.25) is 5.91 Å². The summed E-state index contributed by atoms with van der Waals surface area (Å²) in [5.41, 5.74) is 2.95. The Hall–Kier alpha value is -3.03. The summed E-state index contributed by atoms with van der Waals surface area (Å²) in [5, 5.41) is 6.09. The van der Waals surface area contributed by atoms with Gasteiger partial charge in [0.05, 0.1) is 5.69 Å². The van der Waals surface area contributed by atoms with E-state index in [-0.39, 0.29) is 30.2 Å². The van der Waals surface area contributed by atoms with Gasteiger partial charge in [-0.15, -0.1) is 0 Å². The molecule has 0 bridgehead atoms. The summed E-state index contributed by atoms with van der Waals surface area (Å²) in [5.74, 6) is -1.81. The van der Waals surface area contributed by atoms with Crippen molar-refractivity contribution in [3.05, 3.63) is 29.8 Å². The molecule has 1 aliphatic heterocycles. The van der Waals surface area contributed by atoms with E-state index in [4.69, 9.17) is 4.74 Å². The molecule has 0 saturated carbocycles. The minimum Gasteiger partial charge on any atom is -0.451 e. The second-order valence-corrected chi connectivity index (χ2v) is 4.82. The van der Waals surface area contributed by atoms with Crippen LogP contribution in [0.5, 0.6) is 0 Å². The number of carbonyl (C=O) groups is 4. The summed E-state index contributed by atoms with van der Waals surface area (Å²) in [6, 6.07) is 6.52. The van der Waals surface area contributed by atoms with E-state index in [0.717, 1.165) is 0 Å². The van der Waals surface area contributed by atoms with E-state index in [1.54, 1.807) is 24.3 Å². The largest absolute Gasteiger partial charge is 0.451 e. The van der Waals surface area contributed by atoms with Crippen molar-refractivity contribution >= 4 is 35.0 Å². The van der Waals surface area contributed by atoms with Gasteiger partial charge in [-0.3, -0.25) is 14.4 Å². The van der Waals surface area contributed by atoms with Gasteiger partial charge in [0.25, 0.3) is 5.91 Å². The Bertz CT molecular complexity index is 696. The molecule has 2 N–H and O–H groups in total. The number of carbonyl (C=O) groups excluding carboxylic acids is 4. The van der Waals surface area contributed by atoms with Crippen LogP contribution in [0.4, 0.5) is 5.69 Å². The Kier molecular flexibility index (Phi) is 5.19. The van der Waals surface area contributed by atoms with Gasteiger partial charge in [0.15, 0.2) is 12.4 Å². The lowest BCUT2D eigenvalue weighted by Gasteiger charge is -2.12. The summed E-state index contributed by atoms with van der Waals surface area (Å²) >= 11 is 0. The SMILES string of the molecule is CC(=O)c1ccccc1NC(=O)COC(=O)C1=NNC(=O)CC1. The van der Waals surface area contributed by atoms with Crippen molar-refractivity contribution in [3.8, 4) is 0 Å². The number of para-hydroxylation sites is 1. The molecule has 23 heavy (non-hydrogen) atoms. The number of nitrogens with one attached hydrogen (secondary N) is 2. The summed E-state index contributed by atoms with van der Waals surface area (Å²) in [6.45, 7) is 0.874. The van der Waals surface area contributed by atoms with Crippen LogP contribution in [0.25, 0.3) is 0 Å². The number of rotatable bonds is 5. The Morgan fingerprint density at radius 3 is 2.65 bits per heavy atom. The smallest absolute Gasteiger partial charge is 0.355 e. The van der Waals surface area contributed by atoms with Gasteiger partial charge in [0.1, 0.15) is 5.71 Å². The van der Waals surface area contributed by atoms with Crippen LogP contribution in [0.3, 0.4) is 0 Å². The van der Waals surface area contributed by atoms with Crippen LogP contribution in [0, 0.1) is 0 Å². The molecule has 8 heteroatoms. The van der Waals surface area contributed by atoms with Gasteiger partial charge < -0.3 is 10.1 Å². The molecule has 8 nitrogen and oxygen atoms in total. The van der Waals surface area contributed by atoms with Crippen molar-refractivity contribution < 1.29 is 23.9 Å². The topological polar surface area (TPSA) is 114 Å². The highest BCUT2D eigenvalue weighted by atomic mass is 16.5. The molecule has 120 valence electrons. The number of nitrogens with zero attached hydrogens (tertiary/aromatic N) is 1. The van der Waals surface area contributed by atoms with Crippen molar-refractivity contribution in [2.24, 2.45) is 5.10 Å². The third-order valence-electron chi connectivity index (χ3n) is 3.05. The van der Waals surface area contributed by atoms with E-state index < -0.39 is 18.5 Å². The molecular weight excluding hydrogens is 302 g/mol. The first-order valence-electron chi connectivity index (χ1n) is 6.89. The van der Waals surface area contributed by atoms with Crippen LogP contribution < -0.4 is 10.7 Å². The van der Waals surface area contributed by atoms with Crippen molar-refractivity contribution in [1.29, 1.82) is 0 Å². The average Bonchev–Trinajstić information content (AvgIpc) is 2.53. The number of hydrogen-bond acceptors (Lipinski definition) is 6. The van der Waals surface area contributed by atoms with Gasteiger partial charge in [0, 0.05) is 18.4 Å². The number of benzene rings is 1. The normalized spacial score (nSPS) is 13.6. The number of anilines is 1. The minimum absolute atomic E-state index is 0.0570. The molecule has 0 radical (unpaired) electrons. The van der Waals surface area contributed by atoms with E-state index >= 15 is 0 Å². The molecule has 2 amide bonds. The molecule has 0 spiro atoms. The molecule has 1 aromatic rings. The fourth-order valence-corrected chi connectivity index (χ4v) is 1.92. The van der Waals surface area contributed by atoms with Gasteiger partial charge in [-0.05, 0) is 19.1 Å². The standard InChI is InChI=1S/C15H15N3O5/c1-9(19)10-4-2-3-5-11(10)16-14(21)8-23-15(22)12-6-7-13(20)18-17-12/h2-5H,6-8H2,1H3,(H,16,21)(H,18,20). The Morgan fingerprint density at radius 2 is 2.00 bits per heavy atom. The first-order chi connectivity index (χ1) is 11.0. The second-order valence-electron chi connectivity index (χ2n) is 4.82.